The molecule has 2 aliphatic carbocycles. The van der Waals surface area contributed by atoms with Crippen molar-refractivity contribution in [2.24, 2.45) is 11.7 Å². The van der Waals surface area contributed by atoms with Crippen molar-refractivity contribution in [1.82, 2.24) is 9.78 Å². The van der Waals surface area contributed by atoms with Crippen LogP contribution in [0.25, 0.3) is 0 Å². The van der Waals surface area contributed by atoms with Crippen LogP contribution in [0.4, 0.5) is 0 Å². The Hall–Kier alpha value is -0.830. The third kappa shape index (κ3) is 3.38. The zero-order valence-corrected chi connectivity index (χ0v) is 11.9. The largest absolute Gasteiger partial charge is 0.328 e. The lowest BCUT2D eigenvalue weighted by molar-refractivity contribution is 0.310. The zero-order valence-electron chi connectivity index (χ0n) is 11.9. The maximum absolute atomic E-state index is 6.08. The molecule has 2 fully saturated rings. The predicted octanol–water partition coefficient (Wildman–Crippen LogP) is 3.45. The summed E-state index contributed by atoms with van der Waals surface area (Å²) in [7, 11) is 0. The molecule has 2 unspecified atom stereocenters. The summed E-state index contributed by atoms with van der Waals surface area (Å²) in [4.78, 5) is 0. The number of rotatable bonds is 3. The minimum atomic E-state index is 0.430. The van der Waals surface area contributed by atoms with E-state index in [4.69, 9.17) is 10.8 Å². The van der Waals surface area contributed by atoms with Gasteiger partial charge in [-0.3, -0.25) is 4.68 Å². The van der Waals surface area contributed by atoms with Gasteiger partial charge in [0, 0.05) is 12.2 Å². The molecule has 1 aromatic heterocycles. The van der Waals surface area contributed by atoms with E-state index in [9.17, 15) is 0 Å². The molecule has 2 atom stereocenters. The number of hydrogen-bond donors (Lipinski definition) is 1. The molecule has 1 aromatic rings. The summed E-state index contributed by atoms with van der Waals surface area (Å²) in [5, 5.41) is 4.83. The summed E-state index contributed by atoms with van der Waals surface area (Å²) < 4.78 is 2.23. The lowest BCUT2D eigenvalue weighted by Crippen LogP contribution is -2.28. The van der Waals surface area contributed by atoms with Gasteiger partial charge >= 0.3 is 0 Å². The Kier molecular flexibility index (Phi) is 4.21. The van der Waals surface area contributed by atoms with Crippen molar-refractivity contribution in [2.45, 2.75) is 76.3 Å². The van der Waals surface area contributed by atoms with Crippen LogP contribution in [0.3, 0.4) is 0 Å². The lowest BCUT2D eigenvalue weighted by Gasteiger charge is -2.26. The Bertz CT molecular complexity index is 392. The first-order chi connectivity index (χ1) is 9.31. The van der Waals surface area contributed by atoms with E-state index in [1.807, 2.05) is 0 Å². The summed E-state index contributed by atoms with van der Waals surface area (Å²) in [5.41, 5.74) is 7.36. The topological polar surface area (TPSA) is 43.8 Å². The van der Waals surface area contributed by atoms with Crippen LogP contribution in [0, 0.1) is 5.92 Å². The Morgan fingerprint density at radius 3 is 2.74 bits per heavy atom. The lowest BCUT2D eigenvalue weighted by atomic mass is 9.83. The number of hydrogen-bond acceptors (Lipinski definition) is 2. The first-order valence-corrected chi connectivity index (χ1v) is 8.11. The van der Waals surface area contributed by atoms with Crippen molar-refractivity contribution in [3.8, 4) is 0 Å². The van der Waals surface area contributed by atoms with Crippen molar-refractivity contribution in [3.05, 3.63) is 18.0 Å². The number of aromatic nitrogens is 2. The van der Waals surface area contributed by atoms with E-state index in [0.717, 1.165) is 12.3 Å². The van der Waals surface area contributed by atoms with Gasteiger partial charge < -0.3 is 5.73 Å². The molecule has 106 valence electrons. The molecule has 0 amide bonds. The molecule has 3 rings (SSSR count). The third-order valence-electron chi connectivity index (χ3n) is 4.93. The van der Waals surface area contributed by atoms with Gasteiger partial charge in [0.1, 0.15) is 0 Å². The Balaban J connectivity index is 1.58. The van der Waals surface area contributed by atoms with Crippen molar-refractivity contribution in [3.63, 3.8) is 0 Å². The van der Waals surface area contributed by atoms with E-state index < -0.39 is 0 Å². The van der Waals surface area contributed by atoms with Gasteiger partial charge in [0.15, 0.2) is 0 Å². The van der Waals surface area contributed by atoms with Crippen LogP contribution in [0.5, 0.6) is 0 Å². The highest BCUT2D eigenvalue weighted by molar-refractivity contribution is 5.02. The molecule has 0 bridgehead atoms. The van der Waals surface area contributed by atoms with Crippen molar-refractivity contribution >= 4 is 0 Å². The molecule has 2 aliphatic rings. The molecule has 0 aliphatic heterocycles. The van der Waals surface area contributed by atoms with Gasteiger partial charge in [-0.2, -0.15) is 5.10 Å². The number of nitrogens with two attached hydrogens (primary N) is 1. The van der Waals surface area contributed by atoms with Crippen LogP contribution in [0.2, 0.25) is 0 Å². The minimum absolute atomic E-state index is 0.430. The smallest absolute Gasteiger partial charge is 0.0627 e. The van der Waals surface area contributed by atoms with E-state index in [2.05, 4.69) is 16.9 Å². The SMILES string of the molecule is NC1CCCC(Cc2ccn(C3CCCCC3)n2)C1. The summed E-state index contributed by atoms with van der Waals surface area (Å²) >= 11 is 0. The summed E-state index contributed by atoms with van der Waals surface area (Å²) in [6.07, 6.45) is 15.2. The van der Waals surface area contributed by atoms with Crippen molar-refractivity contribution < 1.29 is 0 Å². The van der Waals surface area contributed by atoms with E-state index >= 15 is 0 Å². The zero-order chi connectivity index (χ0) is 13.1. The number of nitrogens with zero attached hydrogens (tertiary/aromatic N) is 2. The summed E-state index contributed by atoms with van der Waals surface area (Å²) in [5.74, 6) is 0.762. The van der Waals surface area contributed by atoms with E-state index in [1.54, 1.807) is 0 Å². The van der Waals surface area contributed by atoms with Crippen LogP contribution >= 0.6 is 0 Å². The summed E-state index contributed by atoms with van der Waals surface area (Å²) in [6, 6.07) is 3.32. The maximum atomic E-state index is 6.08. The van der Waals surface area contributed by atoms with Crippen LogP contribution < -0.4 is 5.73 Å². The average Bonchev–Trinajstić information content (AvgIpc) is 2.88. The molecular formula is C16H27N3. The molecule has 3 heteroatoms. The van der Waals surface area contributed by atoms with E-state index in [1.165, 1.54) is 63.5 Å². The maximum Gasteiger partial charge on any atom is 0.0627 e. The minimum Gasteiger partial charge on any atom is -0.328 e. The first kappa shape index (κ1) is 13.2. The molecule has 0 spiro atoms. The Labute approximate surface area is 116 Å². The second kappa shape index (κ2) is 6.08. The van der Waals surface area contributed by atoms with Crippen LogP contribution in [0.15, 0.2) is 12.3 Å². The highest BCUT2D eigenvalue weighted by Crippen LogP contribution is 2.29. The van der Waals surface area contributed by atoms with Gasteiger partial charge in [-0.15, -0.1) is 0 Å². The monoisotopic (exact) mass is 261 g/mol. The Morgan fingerprint density at radius 2 is 1.95 bits per heavy atom. The van der Waals surface area contributed by atoms with Gasteiger partial charge in [0.25, 0.3) is 0 Å². The normalized spacial score (nSPS) is 29.5. The molecule has 0 aromatic carbocycles. The Morgan fingerprint density at radius 1 is 1.11 bits per heavy atom. The molecule has 2 saturated carbocycles. The summed E-state index contributed by atoms with van der Waals surface area (Å²) in [6.45, 7) is 0. The highest BCUT2D eigenvalue weighted by atomic mass is 15.3. The fourth-order valence-corrected chi connectivity index (χ4v) is 3.85. The fraction of sp³-hybridized carbons (Fsp3) is 0.812. The van der Waals surface area contributed by atoms with Crippen LogP contribution in [-0.4, -0.2) is 15.8 Å². The average molecular weight is 261 g/mol. The second-order valence-electron chi connectivity index (χ2n) is 6.58. The van der Waals surface area contributed by atoms with Crippen molar-refractivity contribution in [1.29, 1.82) is 0 Å². The standard InChI is InChI=1S/C16H27N3/c17-14-6-4-5-13(11-14)12-15-9-10-19(18-15)16-7-2-1-3-8-16/h9-10,13-14,16H,1-8,11-12,17H2. The molecule has 0 radical (unpaired) electrons. The molecular weight excluding hydrogens is 234 g/mol. The van der Waals surface area contributed by atoms with Gasteiger partial charge in [-0.05, 0) is 50.5 Å². The molecule has 3 nitrogen and oxygen atoms in total. The van der Waals surface area contributed by atoms with Gasteiger partial charge in [-0.25, -0.2) is 0 Å². The first-order valence-electron chi connectivity index (χ1n) is 8.11. The van der Waals surface area contributed by atoms with Crippen LogP contribution in [0.1, 0.15) is 69.5 Å². The van der Waals surface area contributed by atoms with E-state index in [-0.39, 0.29) is 0 Å². The predicted molar refractivity (Wildman–Crippen MR) is 78.0 cm³/mol. The van der Waals surface area contributed by atoms with Gasteiger partial charge in [0.2, 0.25) is 0 Å². The molecule has 0 saturated heterocycles. The third-order valence-corrected chi connectivity index (χ3v) is 4.93. The molecule has 1 heterocycles. The quantitative estimate of drug-likeness (QED) is 0.905. The van der Waals surface area contributed by atoms with Crippen molar-refractivity contribution in [2.75, 3.05) is 0 Å². The van der Waals surface area contributed by atoms with E-state index in [0.29, 0.717) is 12.1 Å². The van der Waals surface area contributed by atoms with Crippen LogP contribution in [-0.2, 0) is 6.42 Å². The second-order valence-corrected chi connectivity index (χ2v) is 6.58. The van der Waals surface area contributed by atoms with Gasteiger partial charge in [-0.1, -0.05) is 25.7 Å². The van der Waals surface area contributed by atoms with Gasteiger partial charge in [0.05, 0.1) is 11.7 Å². The fourth-order valence-electron chi connectivity index (χ4n) is 3.85. The molecule has 2 N–H and O–H groups in total. The highest BCUT2D eigenvalue weighted by Gasteiger charge is 2.21. The molecule has 19 heavy (non-hydrogen) atoms.